The third-order valence-electron chi connectivity index (χ3n) is 4.59. The molecular weight excluding hydrogens is 284 g/mol. The maximum atomic E-state index is 5.77. The summed E-state index contributed by atoms with van der Waals surface area (Å²) in [4.78, 5) is 4.85. The van der Waals surface area contributed by atoms with Gasteiger partial charge in [-0.15, -0.1) is 0 Å². The van der Waals surface area contributed by atoms with Gasteiger partial charge in [-0.1, -0.05) is 48.5 Å². The highest BCUT2D eigenvalue weighted by Crippen LogP contribution is 2.34. The van der Waals surface area contributed by atoms with Gasteiger partial charge >= 0.3 is 0 Å². The van der Waals surface area contributed by atoms with Crippen molar-refractivity contribution in [2.24, 2.45) is 0 Å². The molecule has 1 aliphatic heterocycles. The minimum absolute atomic E-state index is 0.463. The van der Waals surface area contributed by atoms with E-state index in [1.807, 2.05) is 0 Å². The summed E-state index contributed by atoms with van der Waals surface area (Å²) in [7, 11) is 4.42. The molecular formula is C20H26N2O. The maximum absolute atomic E-state index is 5.77. The number of hydrogen-bond donors (Lipinski definition) is 0. The number of likely N-dealkylation sites (N-methyl/N-ethyl adjacent to an activating group) is 2. The molecule has 0 aromatic heterocycles. The zero-order chi connectivity index (χ0) is 16.1. The topological polar surface area (TPSA) is 15.7 Å². The van der Waals surface area contributed by atoms with E-state index in [0.717, 1.165) is 38.4 Å². The highest BCUT2D eigenvalue weighted by molar-refractivity contribution is 5.37. The van der Waals surface area contributed by atoms with Crippen molar-refractivity contribution in [1.82, 2.24) is 9.80 Å². The summed E-state index contributed by atoms with van der Waals surface area (Å²) < 4.78 is 5.77. The largest absolute Gasteiger partial charge is 0.493 e. The quantitative estimate of drug-likeness (QED) is 0.811. The fourth-order valence-electron chi connectivity index (χ4n) is 3.24. The SMILES string of the molecule is CN(CCN(C)[C@H]1CCOc2ccccc21)Cc1ccccc1. The Kier molecular flexibility index (Phi) is 5.31. The van der Waals surface area contributed by atoms with Crippen molar-refractivity contribution < 1.29 is 4.74 Å². The van der Waals surface area contributed by atoms with E-state index < -0.39 is 0 Å². The summed E-state index contributed by atoms with van der Waals surface area (Å²) in [5.74, 6) is 1.05. The van der Waals surface area contributed by atoms with Crippen LogP contribution < -0.4 is 4.74 Å². The highest BCUT2D eigenvalue weighted by atomic mass is 16.5. The molecule has 2 aromatic rings. The lowest BCUT2D eigenvalue weighted by Gasteiger charge is -2.34. The second-order valence-corrected chi connectivity index (χ2v) is 6.39. The Morgan fingerprint density at radius 2 is 1.70 bits per heavy atom. The van der Waals surface area contributed by atoms with Gasteiger partial charge in [0.1, 0.15) is 5.75 Å². The van der Waals surface area contributed by atoms with E-state index in [4.69, 9.17) is 4.74 Å². The first-order chi connectivity index (χ1) is 11.2. The highest BCUT2D eigenvalue weighted by Gasteiger charge is 2.24. The molecule has 0 spiro atoms. The number of nitrogens with zero attached hydrogens (tertiary/aromatic N) is 2. The van der Waals surface area contributed by atoms with Crippen LogP contribution in [-0.4, -0.2) is 43.6 Å². The van der Waals surface area contributed by atoms with Crippen LogP contribution >= 0.6 is 0 Å². The molecule has 1 aliphatic rings. The summed E-state index contributed by atoms with van der Waals surface area (Å²) in [6, 6.07) is 19.6. The average molecular weight is 310 g/mol. The smallest absolute Gasteiger partial charge is 0.124 e. The van der Waals surface area contributed by atoms with Crippen LogP contribution in [0.5, 0.6) is 5.75 Å². The van der Waals surface area contributed by atoms with E-state index in [-0.39, 0.29) is 0 Å². The summed E-state index contributed by atoms with van der Waals surface area (Å²) in [5, 5.41) is 0. The van der Waals surface area contributed by atoms with Crippen molar-refractivity contribution in [1.29, 1.82) is 0 Å². The first kappa shape index (κ1) is 16.0. The van der Waals surface area contributed by atoms with Crippen LogP contribution in [0.4, 0.5) is 0 Å². The molecule has 1 atom stereocenters. The van der Waals surface area contributed by atoms with Crippen LogP contribution in [0.25, 0.3) is 0 Å². The first-order valence-corrected chi connectivity index (χ1v) is 8.38. The summed E-state index contributed by atoms with van der Waals surface area (Å²) in [5.41, 5.74) is 2.70. The van der Waals surface area contributed by atoms with Gasteiger partial charge in [-0.2, -0.15) is 0 Å². The molecule has 2 aromatic carbocycles. The fourth-order valence-corrected chi connectivity index (χ4v) is 3.24. The zero-order valence-electron chi connectivity index (χ0n) is 14.1. The Morgan fingerprint density at radius 3 is 2.52 bits per heavy atom. The van der Waals surface area contributed by atoms with Crippen molar-refractivity contribution in [3.05, 3.63) is 65.7 Å². The van der Waals surface area contributed by atoms with Gasteiger partial charge in [0.05, 0.1) is 6.61 Å². The Morgan fingerprint density at radius 1 is 0.957 bits per heavy atom. The Labute approximate surface area is 139 Å². The molecule has 0 saturated heterocycles. The van der Waals surface area contributed by atoms with Gasteiger partial charge in [-0.05, 0) is 25.7 Å². The van der Waals surface area contributed by atoms with Crippen LogP contribution in [0.3, 0.4) is 0 Å². The predicted octanol–water partition coefficient (Wildman–Crippen LogP) is 3.57. The summed E-state index contributed by atoms with van der Waals surface area (Å²) >= 11 is 0. The van der Waals surface area contributed by atoms with Crippen molar-refractivity contribution in [3.8, 4) is 5.75 Å². The number of hydrogen-bond acceptors (Lipinski definition) is 3. The third kappa shape index (κ3) is 4.12. The first-order valence-electron chi connectivity index (χ1n) is 8.38. The molecule has 3 heteroatoms. The molecule has 0 saturated carbocycles. The number of benzene rings is 2. The molecule has 0 fully saturated rings. The van der Waals surface area contributed by atoms with Crippen LogP contribution in [0.1, 0.15) is 23.6 Å². The molecule has 3 rings (SSSR count). The van der Waals surface area contributed by atoms with Crippen LogP contribution in [-0.2, 0) is 6.54 Å². The Hall–Kier alpha value is -1.84. The second-order valence-electron chi connectivity index (χ2n) is 6.39. The number of fused-ring (bicyclic) bond motifs is 1. The van der Waals surface area contributed by atoms with Crippen LogP contribution in [0.15, 0.2) is 54.6 Å². The molecule has 0 bridgehead atoms. The molecule has 0 amide bonds. The Bertz CT molecular complexity index is 614. The summed E-state index contributed by atoms with van der Waals surface area (Å²) in [6.07, 6.45) is 1.07. The van der Waals surface area contributed by atoms with Crippen molar-refractivity contribution >= 4 is 0 Å². The predicted molar refractivity (Wildman–Crippen MR) is 94.7 cm³/mol. The van der Waals surface area contributed by atoms with Gasteiger partial charge in [0.25, 0.3) is 0 Å². The maximum Gasteiger partial charge on any atom is 0.124 e. The van der Waals surface area contributed by atoms with E-state index in [0.29, 0.717) is 6.04 Å². The lowest BCUT2D eigenvalue weighted by molar-refractivity contribution is 0.151. The molecule has 23 heavy (non-hydrogen) atoms. The fraction of sp³-hybridized carbons (Fsp3) is 0.400. The number of ether oxygens (including phenoxy) is 1. The lowest BCUT2D eigenvalue weighted by atomic mass is 9.99. The van der Waals surface area contributed by atoms with E-state index in [2.05, 4.69) is 78.5 Å². The van der Waals surface area contributed by atoms with Gasteiger partial charge in [-0.25, -0.2) is 0 Å². The minimum Gasteiger partial charge on any atom is -0.493 e. The van der Waals surface area contributed by atoms with Gasteiger partial charge in [-0.3, -0.25) is 4.90 Å². The van der Waals surface area contributed by atoms with Gasteiger partial charge in [0.2, 0.25) is 0 Å². The zero-order valence-corrected chi connectivity index (χ0v) is 14.1. The molecule has 0 N–H and O–H groups in total. The molecule has 122 valence electrons. The van der Waals surface area contributed by atoms with E-state index in [1.165, 1.54) is 11.1 Å². The van der Waals surface area contributed by atoms with Crippen LogP contribution in [0, 0.1) is 0 Å². The normalized spacial score (nSPS) is 17.1. The average Bonchev–Trinajstić information content (AvgIpc) is 2.60. The van der Waals surface area contributed by atoms with Gasteiger partial charge in [0.15, 0.2) is 0 Å². The molecule has 0 aliphatic carbocycles. The minimum atomic E-state index is 0.463. The monoisotopic (exact) mass is 310 g/mol. The standard InChI is InChI=1S/C20H26N2O/c1-21(16-17-8-4-3-5-9-17)13-14-22(2)19-12-15-23-20-11-7-6-10-18(19)20/h3-11,19H,12-16H2,1-2H3/t19-/m0/s1. The van der Waals surface area contributed by atoms with E-state index in [9.17, 15) is 0 Å². The Balaban J connectivity index is 1.55. The number of rotatable bonds is 6. The van der Waals surface area contributed by atoms with E-state index in [1.54, 1.807) is 0 Å². The second kappa shape index (κ2) is 7.62. The van der Waals surface area contributed by atoms with E-state index >= 15 is 0 Å². The summed E-state index contributed by atoms with van der Waals surface area (Å²) in [6.45, 7) is 3.93. The van der Waals surface area contributed by atoms with Crippen molar-refractivity contribution in [2.75, 3.05) is 33.8 Å². The molecule has 0 unspecified atom stereocenters. The van der Waals surface area contributed by atoms with Crippen molar-refractivity contribution in [3.63, 3.8) is 0 Å². The lowest BCUT2D eigenvalue weighted by Crippen LogP contribution is -2.35. The molecule has 0 radical (unpaired) electrons. The van der Waals surface area contributed by atoms with Gasteiger partial charge < -0.3 is 9.64 Å². The van der Waals surface area contributed by atoms with Crippen molar-refractivity contribution in [2.45, 2.75) is 19.0 Å². The van der Waals surface area contributed by atoms with Crippen LogP contribution in [0.2, 0.25) is 0 Å². The number of para-hydroxylation sites is 1. The van der Waals surface area contributed by atoms with Gasteiger partial charge in [0, 0.05) is 37.7 Å². The molecule has 1 heterocycles. The third-order valence-corrected chi connectivity index (χ3v) is 4.59. The molecule has 3 nitrogen and oxygen atoms in total.